The van der Waals surface area contributed by atoms with Crippen LogP contribution in [0.15, 0.2) is 52.0 Å². The second-order valence-electron chi connectivity index (χ2n) is 4.42. The first-order valence-corrected chi connectivity index (χ1v) is 8.31. The summed E-state index contributed by atoms with van der Waals surface area (Å²) in [4.78, 5) is 14.6. The van der Waals surface area contributed by atoms with Crippen LogP contribution in [0.25, 0.3) is 0 Å². The van der Waals surface area contributed by atoms with E-state index in [9.17, 15) is 10.1 Å². The molecule has 0 saturated carbocycles. The Hall–Kier alpha value is -2.72. The highest BCUT2D eigenvalue weighted by Gasteiger charge is 2.17. The summed E-state index contributed by atoms with van der Waals surface area (Å²) in [6.07, 6.45) is 1.51. The number of aromatic nitrogens is 3. The van der Waals surface area contributed by atoms with Crippen LogP contribution >= 0.6 is 23.1 Å². The van der Waals surface area contributed by atoms with Crippen molar-refractivity contribution in [2.24, 2.45) is 0 Å². The molecule has 1 aromatic carbocycles. The Morgan fingerprint density at radius 1 is 1.29 bits per heavy atom. The molecular formula is C14H11N5O3S2. The van der Waals surface area contributed by atoms with Gasteiger partial charge in [-0.3, -0.25) is 10.1 Å². The molecule has 0 bridgehead atoms. The van der Waals surface area contributed by atoms with E-state index in [0.29, 0.717) is 9.47 Å². The second kappa shape index (κ2) is 7.23. The molecule has 0 saturated heterocycles. The Kier molecular flexibility index (Phi) is 4.87. The zero-order valence-electron chi connectivity index (χ0n) is 12.4. The fourth-order valence-corrected chi connectivity index (χ4v) is 3.55. The minimum atomic E-state index is -0.466. The van der Waals surface area contributed by atoms with Crippen LogP contribution in [0.1, 0.15) is 0 Å². The number of nitrogens with one attached hydrogen (secondary N) is 1. The van der Waals surface area contributed by atoms with Crippen LogP contribution in [0.3, 0.4) is 0 Å². The van der Waals surface area contributed by atoms with Gasteiger partial charge in [-0.15, -0.1) is 10.2 Å². The maximum atomic E-state index is 11.0. The van der Waals surface area contributed by atoms with Crippen molar-refractivity contribution in [3.05, 3.63) is 52.7 Å². The molecule has 0 radical (unpaired) electrons. The molecule has 0 unspecified atom stereocenters. The molecule has 0 amide bonds. The van der Waals surface area contributed by atoms with Gasteiger partial charge in [-0.25, -0.2) is 4.98 Å². The van der Waals surface area contributed by atoms with Crippen LogP contribution in [0.5, 0.6) is 5.75 Å². The van der Waals surface area contributed by atoms with Crippen molar-refractivity contribution >= 4 is 39.6 Å². The Balaban J connectivity index is 1.75. The lowest BCUT2D eigenvalue weighted by molar-refractivity contribution is -0.388. The van der Waals surface area contributed by atoms with Crippen LogP contribution in [0, 0.1) is 10.1 Å². The number of benzene rings is 1. The number of rotatable bonds is 6. The van der Waals surface area contributed by atoms with E-state index in [1.807, 2.05) is 24.3 Å². The van der Waals surface area contributed by atoms with E-state index in [4.69, 9.17) is 4.74 Å². The number of hydrogen-bond donors (Lipinski definition) is 1. The summed E-state index contributed by atoms with van der Waals surface area (Å²) in [6.45, 7) is 0. The molecule has 8 nitrogen and oxygen atoms in total. The first-order valence-electron chi connectivity index (χ1n) is 6.67. The standard InChI is InChI=1S/C14H11N5O3S2/c1-22-10-5-2-4-9(8-10)16-13-17-18-14(24-13)23-12-11(19(20)21)6-3-7-15-12/h2-8H,1H3,(H,16,17). The second-order valence-corrected chi connectivity index (χ2v) is 6.63. The average molecular weight is 361 g/mol. The third kappa shape index (κ3) is 3.78. The van der Waals surface area contributed by atoms with Crippen molar-refractivity contribution in [3.63, 3.8) is 0 Å². The molecule has 0 atom stereocenters. The molecule has 10 heteroatoms. The highest BCUT2D eigenvalue weighted by Crippen LogP contribution is 2.36. The Morgan fingerprint density at radius 3 is 2.96 bits per heavy atom. The highest BCUT2D eigenvalue weighted by atomic mass is 32.2. The van der Waals surface area contributed by atoms with Crippen molar-refractivity contribution < 1.29 is 9.66 Å². The van der Waals surface area contributed by atoms with E-state index in [2.05, 4.69) is 20.5 Å². The van der Waals surface area contributed by atoms with E-state index in [1.54, 1.807) is 7.11 Å². The van der Waals surface area contributed by atoms with Gasteiger partial charge in [0.25, 0.3) is 0 Å². The topological polar surface area (TPSA) is 103 Å². The first kappa shape index (κ1) is 16.1. The number of methoxy groups -OCH3 is 1. The Bertz CT molecular complexity index is 871. The van der Waals surface area contributed by atoms with Gasteiger partial charge in [-0.1, -0.05) is 17.4 Å². The fourth-order valence-electron chi connectivity index (χ4n) is 1.81. The number of hydrogen-bond acceptors (Lipinski definition) is 9. The van der Waals surface area contributed by atoms with Gasteiger partial charge in [0.1, 0.15) is 5.75 Å². The minimum absolute atomic E-state index is 0.0556. The first-order chi connectivity index (χ1) is 11.7. The SMILES string of the molecule is COc1cccc(Nc2nnc(Sc3ncccc3[N+](=O)[O-])s2)c1. The van der Waals surface area contributed by atoms with Crippen LogP contribution in [0.2, 0.25) is 0 Å². The summed E-state index contributed by atoms with van der Waals surface area (Å²) in [6, 6.07) is 10.3. The number of anilines is 2. The van der Waals surface area contributed by atoms with Crippen LogP contribution in [-0.2, 0) is 0 Å². The molecule has 0 spiro atoms. The predicted molar refractivity (Wildman–Crippen MR) is 91.2 cm³/mol. The van der Waals surface area contributed by atoms with Crippen molar-refractivity contribution in [2.75, 3.05) is 12.4 Å². The number of ether oxygens (including phenoxy) is 1. The molecule has 0 fully saturated rings. The van der Waals surface area contributed by atoms with Gasteiger partial charge in [0, 0.05) is 24.0 Å². The number of nitro groups is 1. The number of pyridine rings is 1. The van der Waals surface area contributed by atoms with Crippen molar-refractivity contribution in [3.8, 4) is 5.75 Å². The van der Waals surface area contributed by atoms with Gasteiger partial charge < -0.3 is 10.1 Å². The van der Waals surface area contributed by atoms with E-state index < -0.39 is 4.92 Å². The molecule has 0 aliphatic heterocycles. The average Bonchev–Trinajstić information content (AvgIpc) is 3.02. The monoisotopic (exact) mass is 361 g/mol. The molecule has 3 aromatic rings. The van der Waals surface area contributed by atoms with E-state index in [1.165, 1.54) is 29.7 Å². The predicted octanol–water partition coefficient (Wildman–Crippen LogP) is 3.74. The molecule has 2 aromatic heterocycles. The normalized spacial score (nSPS) is 10.4. The fraction of sp³-hybridized carbons (Fsp3) is 0.0714. The lowest BCUT2D eigenvalue weighted by Gasteiger charge is -2.04. The summed E-state index contributed by atoms with van der Waals surface area (Å²) in [7, 11) is 1.60. The summed E-state index contributed by atoms with van der Waals surface area (Å²) in [5, 5.41) is 23.1. The quantitative estimate of drug-likeness (QED) is 0.523. The smallest absolute Gasteiger partial charge is 0.301 e. The molecule has 0 aliphatic carbocycles. The molecule has 24 heavy (non-hydrogen) atoms. The molecule has 122 valence electrons. The van der Waals surface area contributed by atoms with Gasteiger partial charge in [0.15, 0.2) is 9.37 Å². The van der Waals surface area contributed by atoms with E-state index >= 15 is 0 Å². The van der Waals surface area contributed by atoms with Crippen molar-refractivity contribution in [2.45, 2.75) is 9.37 Å². The third-order valence-corrected chi connectivity index (χ3v) is 4.76. The summed E-state index contributed by atoms with van der Waals surface area (Å²) < 4.78 is 5.72. The number of nitrogens with zero attached hydrogens (tertiary/aromatic N) is 4. The van der Waals surface area contributed by atoms with Crippen LogP contribution in [0.4, 0.5) is 16.5 Å². The molecule has 0 aliphatic rings. The van der Waals surface area contributed by atoms with Gasteiger partial charge in [-0.05, 0) is 30.0 Å². The molecular weight excluding hydrogens is 350 g/mol. The summed E-state index contributed by atoms with van der Waals surface area (Å²) in [5.41, 5.74) is 0.755. The Morgan fingerprint density at radius 2 is 2.17 bits per heavy atom. The van der Waals surface area contributed by atoms with Crippen LogP contribution in [-0.4, -0.2) is 27.2 Å². The van der Waals surface area contributed by atoms with Gasteiger partial charge in [0.2, 0.25) is 5.13 Å². The third-order valence-electron chi connectivity index (χ3n) is 2.86. The largest absolute Gasteiger partial charge is 0.497 e. The van der Waals surface area contributed by atoms with Gasteiger partial charge in [0.05, 0.1) is 12.0 Å². The maximum Gasteiger partial charge on any atom is 0.301 e. The maximum absolute atomic E-state index is 11.0. The van der Waals surface area contributed by atoms with Crippen molar-refractivity contribution in [1.82, 2.24) is 15.2 Å². The van der Waals surface area contributed by atoms with Gasteiger partial charge in [-0.2, -0.15) is 0 Å². The van der Waals surface area contributed by atoms with E-state index in [-0.39, 0.29) is 10.7 Å². The molecule has 1 N–H and O–H groups in total. The minimum Gasteiger partial charge on any atom is -0.497 e. The summed E-state index contributed by atoms with van der Waals surface area (Å²) in [5.74, 6) is 0.725. The highest BCUT2D eigenvalue weighted by molar-refractivity contribution is 8.01. The lowest BCUT2D eigenvalue weighted by Crippen LogP contribution is -1.92. The zero-order valence-corrected chi connectivity index (χ0v) is 14.0. The van der Waals surface area contributed by atoms with E-state index in [0.717, 1.165) is 23.2 Å². The van der Waals surface area contributed by atoms with Gasteiger partial charge >= 0.3 is 5.69 Å². The van der Waals surface area contributed by atoms with Crippen molar-refractivity contribution in [1.29, 1.82) is 0 Å². The molecule has 2 heterocycles. The lowest BCUT2D eigenvalue weighted by atomic mass is 10.3. The Labute approximate surface area is 145 Å². The zero-order chi connectivity index (χ0) is 16.9. The van der Waals surface area contributed by atoms with Crippen LogP contribution < -0.4 is 10.1 Å². The summed E-state index contributed by atoms with van der Waals surface area (Å²) >= 11 is 2.39. The molecule has 3 rings (SSSR count).